The maximum Gasteiger partial charge on any atom is 0.0740 e. The molecule has 2 heterocycles. The molecule has 1 aliphatic heterocycles. The predicted molar refractivity (Wildman–Crippen MR) is 111 cm³/mol. The van der Waals surface area contributed by atoms with Crippen LogP contribution >= 0.6 is 43.5 Å². The summed E-state index contributed by atoms with van der Waals surface area (Å²) in [4.78, 5) is 4.86. The lowest BCUT2D eigenvalue weighted by Gasteiger charge is -2.26. The number of benzene rings is 1. The highest BCUT2D eigenvalue weighted by atomic mass is 79.9. The lowest BCUT2D eigenvalue weighted by molar-refractivity contribution is 0.611. The Morgan fingerprint density at radius 2 is 1.72 bits per heavy atom. The Morgan fingerprint density at radius 3 is 2.52 bits per heavy atom. The van der Waals surface area contributed by atoms with E-state index in [2.05, 4.69) is 49.3 Å². The summed E-state index contributed by atoms with van der Waals surface area (Å²) in [6, 6.07) is 6.38. The summed E-state index contributed by atoms with van der Waals surface area (Å²) >= 11 is 13.7. The van der Waals surface area contributed by atoms with E-state index in [1.165, 1.54) is 27.8 Å². The second-order valence-corrected chi connectivity index (χ2v) is 8.87. The molecule has 1 aliphatic carbocycles. The first-order chi connectivity index (χ1) is 12.1. The lowest BCUT2D eigenvalue weighted by Crippen LogP contribution is -2.24. The third-order valence-electron chi connectivity index (χ3n) is 5.01. The Balaban J connectivity index is 2.02. The number of aryl methyl sites for hydroxylation is 2. The topological polar surface area (TPSA) is 24.9 Å². The van der Waals surface area contributed by atoms with E-state index in [0.717, 1.165) is 64.9 Å². The van der Waals surface area contributed by atoms with Gasteiger partial charge in [-0.05, 0) is 90.4 Å². The normalized spacial score (nSPS) is 17.6. The molecule has 0 saturated carbocycles. The monoisotopic (exact) mass is 480 g/mol. The van der Waals surface area contributed by atoms with E-state index in [1.54, 1.807) is 0 Å². The number of nitrogens with one attached hydrogen (secondary N) is 1. The van der Waals surface area contributed by atoms with Gasteiger partial charge >= 0.3 is 0 Å². The molecule has 0 spiro atoms. The summed E-state index contributed by atoms with van der Waals surface area (Å²) in [5.74, 6) is 0. The number of nitrogens with zero attached hydrogens (tertiary/aromatic N) is 1. The third kappa shape index (κ3) is 3.59. The van der Waals surface area contributed by atoms with Gasteiger partial charge in [-0.15, -0.1) is 0 Å². The van der Waals surface area contributed by atoms with Crippen molar-refractivity contribution in [2.45, 2.75) is 32.1 Å². The molecule has 0 bridgehead atoms. The molecule has 25 heavy (non-hydrogen) atoms. The smallest absolute Gasteiger partial charge is 0.0740 e. The zero-order chi connectivity index (χ0) is 17.4. The molecular weight excluding hydrogens is 463 g/mol. The molecule has 1 aromatic carbocycles. The van der Waals surface area contributed by atoms with Gasteiger partial charge in [0.25, 0.3) is 0 Å². The van der Waals surface area contributed by atoms with E-state index in [9.17, 15) is 0 Å². The van der Waals surface area contributed by atoms with Crippen LogP contribution in [0.3, 0.4) is 0 Å². The van der Waals surface area contributed by atoms with Crippen LogP contribution in [0.1, 0.15) is 41.6 Å². The Morgan fingerprint density at radius 1 is 0.960 bits per heavy atom. The van der Waals surface area contributed by atoms with Gasteiger partial charge in [-0.3, -0.25) is 4.98 Å². The van der Waals surface area contributed by atoms with Crippen molar-refractivity contribution in [2.75, 3.05) is 13.1 Å². The molecule has 130 valence electrons. The Bertz CT molecular complexity index is 853. The van der Waals surface area contributed by atoms with Crippen LogP contribution in [-0.4, -0.2) is 18.1 Å². The highest BCUT2D eigenvalue weighted by Crippen LogP contribution is 2.41. The van der Waals surface area contributed by atoms with Crippen LogP contribution in [-0.2, 0) is 12.8 Å². The van der Waals surface area contributed by atoms with E-state index >= 15 is 0 Å². The average Bonchev–Trinajstić information content (AvgIpc) is 2.58. The van der Waals surface area contributed by atoms with Gasteiger partial charge in [0.05, 0.1) is 5.69 Å². The SMILES string of the molecule is Clc1cc(Br)c2c(c1)CCCc1cc(Br)cnc1C2=C1CCNCC1. The van der Waals surface area contributed by atoms with Crippen LogP contribution < -0.4 is 5.32 Å². The molecule has 2 aliphatic rings. The van der Waals surface area contributed by atoms with Crippen LogP contribution in [0.25, 0.3) is 5.57 Å². The van der Waals surface area contributed by atoms with Gasteiger partial charge in [0.1, 0.15) is 0 Å². The van der Waals surface area contributed by atoms with E-state index < -0.39 is 0 Å². The van der Waals surface area contributed by atoms with Crippen LogP contribution in [0.5, 0.6) is 0 Å². The molecular formula is C20H19Br2ClN2. The van der Waals surface area contributed by atoms with Crippen molar-refractivity contribution < 1.29 is 0 Å². The number of rotatable bonds is 0. The van der Waals surface area contributed by atoms with E-state index in [0.29, 0.717) is 0 Å². The molecule has 0 radical (unpaired) electrons. The van der Waals surface area contributed by atoms with Crippen molar-refractivity contribution in [1.29, 1.82) is 0 Å². The minimum Gasteiger partial charge on any atom is -0.316 e. The number of hydrogen-bond donors (Lipinski definition) is 1. The van der Waals surface area contributed by atoms with Crippen LogP contribution in [0.2, 0.25) is 5.02 Å². The second kappa shape index (κ2) is 7.51. The fraction of sp³-hybridized carbons (Fsp3) is 0.350. The van der Waals surface area contributed by atoms with Gasteiger partial charge in [0.2, 0.25) is 0 Å². The maximum absolute atomic E-state index is 6.35. The first-order valence-electron chi connectivity index (χ1n) is 8.69. The van der Waals surface area contributed by atoms with Crippen molar-refractivity contribution in [1.82, 2.24) is 10.3 Å². The fourth-order valence-electron chi connectivity index (χ4n) is 3.91. The van der Waals surface area contributed by atoms with Crippen molar-refractivity contribution in [2.24, 2.45) is 0 Å². The second-order valence-electron chi connectivity index (χ2n) is 6.67. The van der Waals surface area contributed by atoms with Crippen molar-refractivity contribution in [3.8, 4) is 0 Å². The molecule has 1 fully saturated rings. The minimum atomic E-state index is 0.796. The largest absolute Gasteiger partial charge is 0.316 e. The van der Waals surface area contributed by atoms with Gasteiger partial charge in [0, 0.05) is 31.3 Å². The van der Waals surface area contributed by atoms with Gasteiger partial charge in [0.15, 0.2) is 0 Å². The molecule has 0 amide bonds. The standard InChI is InChI=1S/C20H19Br2ClN2/c21-15-8-14-3-1-2-13-9-16(23)10-17(22)18(13)19(20(14)25-11-15)12-4-6-24-7-5-12/h8-11,24H,1-7H2. The molecule has 0 unspecified atom stereocenters. The van der Waals surface area contributed by atoms with Crippen molar-refractivity contribution >= 4 is 49.0 Å². The molecule has 0 atom stereocenters. The van der Waals surface area contributed by atoms with Crippen LogP contribution in [0.15, 0.2) is 38.9 Å². The fourth-order valence-corrected chi connectivity index (χ4v) is 5.36. The number of aromatic nitrogens is 1. The Hall–Kier alpha value is -0.680. The molecule has 1 aromatic heterocycles. The Labute approximate surface area is 170 Å². The number of pyridine rings is 1. The van der Waals surface area contributed by atoms with E-state index in [-0.39, 0.29) is 0 Å². The minimum absolute atomic E-state index is 0.796. The van der Waals surface area contributed by atoms with Gasteiger partial charge < -0.3 is 5.32 Å². The quantitative estimate of drug-likeness (QED) is 0.503. The average molecular weight is 483 g/mol. The van der Waals surface area contributed by atoms with Gasteiger partial charge in [-0.1, -0.05) is 33.1 Å². The molecule has 5 heteroatoms. The van der Waals surface area contributed by atoms with Crippen molar-refractivity contribution in [3.63, 3.8) is 0 Å². The number of fused-ring (bicyclic) bond motifs is 2. The number of piperidine rings is 1. The first-order valence-corrected chi connectivity index (χ1v) is 10.7. The van der Waals surface area contributed by atoms with Gasteiger partial charge in [-0.25, -0.2) is 0 Å². The third-order valence-corrected chi connectivity index (χ3v) is 6.29. The van der Waals surface area contributed by atoms with Crippen LogP contribution in [0.4, 0.5) is 0 Å². The Kier molecular flexibility index (Phi) is 5.33. The van der Waals surface area contributed by atoms with E-state index in [4.69, 9.17) is 16.6 Å². The zero-order valence-electron chi connectivity index (χ0n) is 13.8. The summed E-state index contributed by atoms with van der Waals surface area (Å²) in [6.45, 7) is 2.07. The molecule has 1 N–H and O–H groups in total. The van der Waals surface area contributed by atoms with Crippen molar-refractivity contribution in [3.05, 3.63) is 66.3 Å². The summed E-state index contributed by atoms with van der Waals surface area (Å²) in [6.07, 6.45) is 7.25. The highest BCUT2D eigenvalue weighted by Gasteiger charge is 2.25. The number of hydrogen-bond acceptors (Lipinski definition) is 2. The van der Waals surface area contributed by atoms with Crippen LogP contribution in [0, 0.1) is 0 Å². The highest BCUT2D eigenvalue weighted by molar-refractivity contribution is 9.10. The van der Waals surface area contributed by atoms with Gasteiger partial charge in [-0.2, -0.15) is 0 Å². The summed E-state index contributed by atoms with van der Waals surface area (Å²) in [5, 5.41) is 4.26. The summed E-state index contributed by atoms with van der Waals surface area (Å²) in [7, 11) is 0. The molecule has 1 saturated heterocycles. The molecule has 4 rings (SSSR count). The predicted octanol–water partition coefficient (Wildman–Crippen LogP) is 5.93. The number of halogens is 3. The lowest BCUT2D eigenvalue weighted by atomic mass is 9.83. The summed E-state index contributed by atoms with van der Waals surface area (Å²) < 4.78 is 2.13. The molecule has 2 nitrogen and oxygen atoms in total. The zero-order valence-corrected chi connectivity index (χ0v) is 17.8. The maximum atomic E-state index is 6.35. The van der Waals surface area contributed by atoms with E-state index in [1.807, 2.05) is 12.3 Å². The summed E-state index contributed by atoms with van der Waals surface area (Å²) in [5.41, 5.74) is 7.92. The molecule has 2 aromatic rings. The first kappa shape index (κ1) is 17.7.